The van der Waals surface area contributed by atoms with Crippen LogP contribution in [-0.2, 0) is 14.6 Å². The van der Waals surface area contributed by atoms with Gasteiger partial charge in [-0.15, -0.1) is 0 Å². The molecule has 0 aliphatic carbocycles. The van der Waals surface area contributed by atoms with Gasteiger partial charge in [0.25, 0.3) is 0 Å². The molecule has 2 aliphatic rings. The summed E-state index contributed by atoms with van der Waals surface area (Å²) in [5.74, 6) is -0.182. The molecule has 0 spiro atoms. The van der Waals surface area contributed by atoms with Crippen molar-refractivity contribution in [2.75, 3.05) is 25.6 Å². The number of halogens is 1. The maximum absolute atomic E-state index is 14.7. The molecule has 0 unspecified atom stereocenters. The molecule has 0 aromatic heterocycles. The summed E-state index contributed by atoms with van der Waals surface area (Å²) in [4.78, 5) is 14.0. The summed E-state index contributed by atoms with van der Waals surface area (Å²) in [6.07, 6.45) is 1.95. The number of rotatable bonds is 6. The van der Waals surface area contributed by atoms with Gasteiger partial charge in [-0.25, -0.2) is 17.6 Å². The first kappa shape index (κ1) is 23.4. The zero-order chi connectivity index (χ0) is 23.6. The highest BCUT2D eigenvalue weighted by molar-refractivity contribution is 7.91. The Labute approximate surface area is 193 Å². The van der Waals surface area contributed by atoms with Crippen molar-refractivity contribution >= 4 is 15.9 Å². The van der Waals surface area contributed by atoms with Gasteiger partial charge in [0.2, 0.25) is 9.84 Å². The lowest BCUT2D eigenvalue weighted by Gasteiger charge is -2.31. The number of carbonyl (C=O) groups is 1. The largest absolute Gasteiger partial charge is 0.490 e. The van der Waals surface area contributed by atoms with Gasteiger partial charge in [-0.1, -0.05) is 19.1 Å². The van der Waals surface area contributed by atoms with Crippen molar-refractivity contribution in [3.05, 3.63) is 42.2 Å². The van der Waals surface area contributed by atoms with Gasteiger partial charge in [0.15, 0.2) is 17.5 Å². The van der Waals surface area contributed by atoms with Crippen LogP contribution in [-0.4, -0.2) is 51.2 Å². The van der Waals surface area contributed by atoms with E-state index in [-0.39, 0.29) is 40.4 Å². The normalized spacial score (nSPS) is 18.3. The average Bonchev–Trinajstić information content (AvgIpc) is 3.12. The number of sulfone groups is 1. The predicted octanol–water partition coefficient (Wildman–Crippen LogP) is 4.64. The Hall–Kier alpha value is -2.81. The molecule has 0 N–H and O–H groups in total. The number of benzene rings is 2. The summed E-state index contributed by atoms with van der Waals surface area (Å²) in [7, 11) is -3.40. The second-order valence-electron chi connectivity index (χ2n) is 8.53. The minimum atomic E-state index is -3.40. The summed E-state index contributed by atoms with van der Waals surface area (Å²) < 4.78 is 54.8. The number of piperidine rings is 1. The van der Waals surface area contributed by atoms with Crippen LogP contribution >= 0.6 is 0 Å². The molecule has 0 saturated carbocycles. The van der Waals surface area contributed by atoms with Crippen molar-refractivity contribution in [3.8, 4) is 22.6 Å². The Balaban J connectivity index is 1.32. The van der Waals surface area contributed by atoms with E-state index in [1.807, 2.05) is 13.8 Å². The van der Waals surface area contributed by atoms with Gasteiger partial charge >= 0.3 is 6.09 Å². The Bertz CT molecular complexity index is 1130. The standard InChI is InChI=1S/C24H28FNO6S/c1-3-16(2)32-24(27)26-10-8-17(9-11-26)14-30-21-6-4-18(12-20(21)25)19-5-7-23-22(13-19)31-15-33(23,28)29/h4-7,12-13,16-17H,3,8-11,14-15H2,1-2H3/t16-/m0/s1. The predicted molar refractivity (Wildman–Crippen MR) is 121 cm³/mol. The molecule has 2 aliphatic heterocycles. The second kappa shape index (κ2) is 9.59. The van der Waals surface area contributed by atoms with Crippen LogP contribution < -0.4 is 9.47 Å². The molecular formula is C24H28FNO6S. The highest BCUT2D eigenvalue weighted by Crippen LogP contribution is 2.36. The molecular weight excluding hydrogens is 449 g/mol. The fraction of sp³-hybridized carbons (Fsp3) is 0.458. The first-order chi connectivity index (χ1) is 15.8. The molecule has 1 atom stereocenters. The molecule has 0 bridgehead atoms. The lowest BCUT2D eigenvalue weighted by atomic mass is 9.98. The monoisotopic (exact) mass is 477 g/mol. The number of hydrogen-bond acceptors (Lipinski definition) is 6. The lowest BCUT2D eigenvalue weighted by Crippen LogP contribution is -2.41. The molecule has 0 radical (unpaired) electrons. The van der Waals surface area contributed by atoms with Crippen LogP contribution in [0.2, 0.25) is 0 Å². The van der Waals surface area contributed by atoms with Gasteiger partial charge in [-0.2, -0.15) is 0 Å². The minimum Gasteiger partial charge on any atom is -0.490 e. The van der Waals surface area contributed by atoms with Crippen molar-refractivity contribution in [3.63, 3.8) is 0 Å². The first-order valence-electron chi connectivity index (χ1n) is 11.1. The summed E-state index contributed by atoms with van der Waals surface area (Å²) in [6, 6.07) is 9.41. The van der Waals surface area contributed by atoms with Crippen LogP contribution in [0.5, 0.6) is 11.5 Å². The van der Waals surface area contributed by atoms with Crippen molar-refractivity contribution < 1.29 is 31.8 Å². The van der Waals surface area contributed by atoms with Crippen molar-refractivity contribution in [1.82, 2.24) is 4.90 Å². The van der Waals surface area contributed by atoms with E-state index in [0.29, 0.717) is 30.8 Å². The zero-order valence-electron chi connectivity index (χ0n) is 18.8. The molecule has 2 heterocycles. The molecule has 178 valence electrons. The third-order valence-electron chi connectivity index (χ3n) is 6.14. The quantitative estimate of drug-likeness (QED) is 0.603. The third-order valence-corrected chi connectivity index (χ3v) is 7.57. The fourth-order valence-electron chi connectivity index (χ4n) is 3.88. The SMILES string of the molecule is CC[C@H](C)OC(=O)N1CCC(COc2ccc(-c3ccc4c(c3)OCS4(=O)=O)cc2F)CC1. The van der Waals surface area contributed by atoms with E-state index < -0.39 is 15.7 Å². The van der Waals surface area contributed by atoms with Crippen molar-refractivity contribution in [2.45, 2.75) is 44.1 Å². The van der Waals surface area contributed by atoms with Crippen LogP contribution in [0, 0.1) is 11.7 Å². The van der Waals surface area contributed by atoms with Crippen LogP contribution in [0.15, 0.2) is 41.3 Å². The Morgan fingerprint density at radius 1 is 1.18 bits per heavy atom. The molecule has 9 heteroatoms. The van der Waals surface area contributed by atoms with E-state index in [1.54, 1.807) is 29.2 Å². The summed E-state index contributed by atoms with van der Waals surface area (Å²) >= 11 is 0. The highest BCUT2D eigenvalue weighted by Gasteiger charge is 2.28. The summed E-state index contributed by atoms with van der Waals surface area (Å²) in [5.41, 5.74) is 1.26. The molecule has 1 amide bonds. The third kappa shape index (κ3) is 5.24. The fourth-order valence-corrected chi connectivity index (χ4v) is 4.99. The number of carbonyl (C=O) groups excluding carboxylic acids is 1. The molecule has 33 heavy (non-hydrogen) atoms. The summed E-state index contributed by atoms with van der Waals surface area (Å²) in [6.45, 7) is 5.41. The number of likely N-dealkylation sites (tertiary alicyclic amines) is 1. The van der Waals surface area contributed by atoms with Crippen molar-refractivity contribution in [2.24, 2.45) is 5.92 Å². The van der Waals surface area contributed by atoms with E-state index in [4.69, 9.17) is 14.2 Å². The molecule has 1 saturated heterocycles. The summed E-state index contributed by atoms with van der Waals surface area (Å²) in [5, 5.41) is 0. The maximum Gasteiger partial charge on any atom is 0.410 e. The number of fused-ring (bicyclic) bond motifs is 1. The van der Waals surface area contributed by atoms with Gasteiger partial charge in [0, 0.05) is 13.1 Å². The zero-order valence-corrected chi connectivity index (χ0v) is 19.6. The van der Waals surface area contributed by atoms with Gasteiger partial charge < -0.3 is 19.1 Å². The average molecular weight is 478 g/mol. The molecule has 2 aromatic carbocycles. The first-order valence-corrected chi connectivity index (χ1v) is 12.8. The number of ether oxygens (including phenoxy) is 3. The molecule has 7 nitrogen and oxygen atoms in total. The molecule has 1 fully saturated rings. The van der Waals surface area contributed by atoms with E-state index in [2.05, 4.69) is 0 Å². The van der Waals surface area contributed by atoms with Crippen LogP contribution in [0.4, 0.5) is 9.18 Å². The molecule has 2 aromatic rings. The highest BCUT2D eigenvalue weighted by atomic mass is 32.2. The smallest absolute Gasteiger partial charge is 0.410 e. The number of nitrogens with zero attached hydrogens (tertiary/aromatic N) is 1. The molecule has 4 rings (SSSR count). The van der Waals surface area contributed by atoms with Crippen LogP contribution in [0.3, 0.4) is 0 Å². The van der Waals surface area contributed by atoms with E-state index in [1.165, 1.54) is 12.1 Å². The second-order valence-corrected chi connectivity index (χ2v) is 10.4. The topological polar surface area (TPSA) is 82.1 Å². The van der Waals surface area contributed by atoms with Gasteiger partial charge in [-0.05, 0) is 67.5 Å². The van der Waals surface area contributed by atoms with Crippen LogP contribution in [0.1, 0.15) is 33.1 Å². The van der Waals surface area contributed by atoms with Gasteiger partial charge in [0.05, 0.1) is 6.61 Å². The Morgan fingerprint density at radius 2 is 1.88 bits per heavy atom. The number of hydrogen-bond donors (Lipinski definition) is 0. The van der Waals surface area contributed by atoms with E-state index in [0.717, 1.165) is 19.3 Å². The lowest BCUT2D eigenvalue weighted by molar-refractivity contribution is 0.0539. The van der Waals surface area contributed by atoms with Gasteiger partial charge in [0.1, 0.15) is 16.7 Å². The maximum atomic E-state index is 14.7. The Morgan fingerprint density at radius 3 is 2.58 bits per heavy atom. The van der Waals surface area contributed by atoms with Gasteiger partial charge in [-0.3, -0.25) is 0 Å². The number of amides is 1. The van der Waals surface area contributed by atoms with Crippen LogP contribution in [0.25, 0.3) is 11.1 Å². The van der Waals surface area contributed by atoms with Crippen molar-refractivity contribution in [1.29, 1.82) is 0 Å². The Kier molecular flexibility index (Phi) is 6.78. The van der Waals surface area contributed by atoms with E-state index >= 15 is 0 Å². The minimum absolute atomic E-state index is 0.0955. The van der Waals surface area contributed by atoms with E-state index in [9.17, 15) is 17.6 Å².